The molecule has 178 valence electrons. The van der Waals surface area contributed by atoms with E-state index < -0.39 is 17.3 Å². The highest BCUT2D eigenvalue weighted by molar-refractivity contribution is 5.95. The topological polar surface area (TPSA) is 55.2 Å². The van der Waals surface area contributed by atoms with E-state index in [-0.39, 0.29) is 36.5 Å². The summed E-state index contributed by atoms with van der Waals surface area (Å²) in [5.41, 5.74) is 2.01. The number of alkyl halides is 3. The predicted octanol–water partition coefficient (Wildman–Crippen LogP) is 4.99. The van der Waals surface area contributed by atoms with Gasteiger partial charge in [0.1, 0.15) is 5.69 Å². The highest BCUT2D eigenvalue weighted by Crippen LogP contribution is 2.31. The molecule has 1 aliphatic heterocycles. The zero-order valence-electron chi connectivity index (χ0n) is 18.8. The Balaban J connectivity index is 1.50. The number of carbonyl (C=O) groups excluding carboxylic acids is 1. The zero-order chi connectivity index (χ0) is 24.6. The fourth-order valence-electron chi connectivity index (χ4n) is 4.52. The number of aryl methyl sites for hydroxylation is 1. The highest BCUT2D eigenvalue weighted by Gasteiger charge is 2.31. The van der Waals surface area contributed by atoms with Gasteiger partial charge < -0.3 is 9.47 Å². The number of hydrogen-bond donors (Lipinski definition) is 0. The van der Waals surface area contributed by atoms with Gasteiger partial charge in [0.25, 0.3) is 5.56 Å². The Morgan fingerprint density at radius 3 is 2.49 bits per heavy atom. The van der Waals surface area contributed by atoms with Crippen LogP contribution < -0.4 is 10.5 Å². The average molecular weight is 477 g/mol. The van der Waals surface area contributed by atoms with Gasteiger partial charge in [0, 0.05) is 25.1 Å². The molecule has 35 heavy (non-hydrogen) atoms. The molecule has 2 heterocycles. The van der Waals surface area contributed by atoms with E-state index in [1.54, 1.807) is 4.90 Å². The van der Waals surface area contributed by atoms with E-state index in [9.17, 15) is 22.8 Å². The quantitative estimate of drug-likeness (QED) is 0.407. The maximum absolute atomic E-state index is 13.4. The van der Waals surface area contributed by atoms with Crippen molar-refractivity contribution >= 4 is 22.6 Å². The van der Waals surface area contributed by atoms with Crippen molar-refractivity contribution in [1.29, 1.82) is 0 Å². The van der Waals surface area contributed by atoms with Crippen LogP contribution in [0.25, 0.3) is 11.0 Å². The molecule has 5 rings (SSSR count). The monoisotopic (exact) mass is 477 g/mol. The smallest absolute Gasteiger partial charge is 0.312 e. The Morgan fingerprint density at radius 2 is 1.71 bits per heavy atom. The predicted molar refractivity (Wildman–Crippen MR) is 127 cm³/mol. The Hall–Kier alpha value is -3.94. The van der Waals surface area contributed by atoms with Crippen molar-refractivity contribution in [2.45, 2.75) is 32.0 Å². The molecular weight excluding hydrogens is 455 g/mol. The van der Waals surface area contributed by atoms with E-state index in [0.29, 0.717) is 12.1 Å². The van der Waals surface area contributed by atoms with Crippen LogP contribution in [0.2, 0.25) is 0 Å². The Morgan fingerprint density at radius 1 is 0.971 bits per heavy atom. The molecule has 3 aromatic carbocycles. The van der Waals surface area contributed by atoms with E-state index >= 15 is 0 Å². The van der Waals surface area contributed by atoms with Gasteiger partial charge in [-0.3, -0.25) is 9.59 Å². The Labute approximate surface area is 199 Å². The Kier molecular flexibility index (Phi) is 5.88. The summed E-state index contributed by atoms with van der Waals surface area (Å²) in [4.78, 5) is 32.3. The number of nitrogens with zero attached hydrogens (tertiary/aromatic N) is 3. The molecule has 1 aromatic heterocycles. The van der Waals surface area contributed by atoms with Gasteiger partial charge in [-0.05, 0) is 41.8 Å². The first kappa shape index (κ1) is 22.8. The van der Waals surface area contributed by atoms with Crippen LogP contribution >= 0.6 is 0 Å². The summed E-state index contributed by atoms with van der Waals surface area (Å²) < 4.78 is 41.5. The number of rotatable bonds is 5. The minimum atomic E-state index is -4.53. The summed E-state index contributed by atoms with van der Waals surface area (Å²) in [6, 6.07) is 20.1. The molecule has 5 nitrogen and oxygen atoms in total. The molecule has 0 fully saturated rings. The molecule has 1 aliphatic rings. The van der Waals surface area contributed by atoms with Gasteiger partial charge in [-0.15, -0.1) is 0 Å². The van der Waals surface area contributed by atoms with Crippen molar-refractivity contribution < 1.29 is 18.0 Å². The summed E-state index contributed by atoms with van der Waals surface area (Å²) in [6.07, 6.45) is -3.69. The summed E-state index contributed by atoms with van der Waals surface area (Å²) >= 11 is 0. The van der Waals surface area contributed by atoms with Crippen LogP contribution in [0.5, 0.6) is 0 Å². The normalized spacial score (nSPS) is 13.3. The number of anilines is 1. The molecule has 1 amide bonds. The number of fused-ring (bicyclic) bond motifs is 2. The second-order valence-corrected chi connectivity index (χ2v) is 8.56. The summed E-state index contributed by atoms with van der Waals surface area (Å²) in [5.74, 6) is -0.144. The first-order valence-electron chi connectivity index (χ1n) is 11.3. The summed E-state index contributed by atoms with van der Waals surface area (Å²) in [6.45, 7) is 0.751. The van der Waals surface area contributed by atoms with Gasteiger partial charge in [0.05, 0.1) is 23.1 Å². The SMILES string of the molecule is O=C(CCc1nc2cc(C(F)(F)F)ccc2n(Cc2ccccc2)c1=O)N1CCc2ccccc21. The largest absolute Gasteiger partial charge is 0.416 e. The lowest BCUT2D eigenvalue weighted by atomic mass is 10.1. The van der Waals surface area contributed by atoms with Gasteiger partial charge in [-0.2, -0.15) is 13.2 Å². The maximum atomic E-state index is 13.4. The average Bonchev–Trinajstić information content (AvgIpc) is 3.28. The van der Waals surface area contributed by atoms with Gasteiger partial charge in [-0.1, -0.05) is 48.5 Å². The van der Waals surface area contributed by atoms with Gasteiger partial charge in [0.15, 0.2) is 0 Å². The molecule has 0 spiro atoms. The second kappa shape index (κ2) is 9.02. The van der Waals surface area contributed by atoms with Crippen molar-refractivity contribution in [3.05, 3.63) is 106 Å². The van der Waals surface area contributed by atoms with E-state index in [1.165, 1.54) is 10.6 Å². The van der Waals surface area contributed by atoms with Crippen LogP contribution in [0.15, 0.2) is 77.6 Å². The summed E-state index contributed by atoms with van der Waals surface area (Å²) in [5, 5.41) is 0. The summed E-state index contributed by atoms with van der Waals surface area (Å²) in [7, 11) is 0. The van der Waals surface area contributed by atoms with Gasteiger partial charge in [0.2, 0.25) is 5.91 Å². The molecule has 0 radical (unpaired) electrons. The van der Waals surface area contributed by atoms with Gasteiger partial charge >= 0.3 is 6.18 Å². The lowest BCUT2D eigenvalue weighted by Crippen LogP contribution is -2.31. The fourth-order valence-corrected chi connectivity index (χ4v) is 4.52. The molecule has 0 atom stereocenters. The third-order valence-electron chi connectivity index (χ3n) is 6.29. The Bertz CT molecular complexity index is 1460. The van der Waals surface area contributed by atoms with Crippen LogP contribution in [0.1, 0.15) is 28.8 Å². The van der Waals surface area contributed by atoms with Crippen LogP contribution in [-0.4, -0.2) is 22.0 Å². The number of hydrogen-bond acceptors (Lipinski definition) is 3. The molecule has 0 unspecified atom stereocenters. The number of carbonyl (C=O) groups is 1. The van der Waals surface area contributed by atoms with E-state index in [0.717, 1.165) is 35.4 Å². The first-order valence-corrected chi connectivity index (χ1v) is 11.3. The van der Waals surface area contributed by atoms with Crippen LogP contribution in [0, 0.1) is 0 Å². The number of benzene rings is 3. The second-order valence-electron chi connectivity index (χ2n) is 8.56. The molecule has 0 aliphatic carbocycles. The first-order chi connectivity index (χ1) is 16.8. The van der Waals surface area contributed by atoms with Crippen LogP contribution in [0.3, 0.4) is 0 Å². The number of aromatic nitrogens is 2. The van der Waals surface area contributed by atoms with Crippen LogP contribution in [-0.2, 0) is 30.4 Å². The molecule has 0 saturated carbocycles. The van der Waals surface area contributed by atoms with E-state index in [4.69, 9.17) is 0 Å². The van der Waals surface area contributed by atoms with Crippen molar-refractivity contribution in [2.24, 2.45) is 0 Å². The van der Waals surface area contributed by atoms with Crippen molar-refractivity contribution in [2.75, 3.05) is 11.4 Å². The molecule has 8 heteroatoms. The maximum Gasteiger partial charge on any atom is 0.416 e. The lowest BCUT2D eigenvalue weighted by molar-refractivity contribution is -0.137. The minimum Gasteiger partial charge on any atom is -0.312 e. The number of para-hydroxylation sites is 1. The van der Waals surface area contributed by atoms with Crippen molar-refractivity contribution in [1.82, 2.24) is 9.55 Å². The molecule has 4 aromatic rings. The van der Waals surface area contributed by atoms with Gasteiger partial charge in [-0.25, -0.2) is 4.98 Å². The minimum absolute atomic E-state index is 0.0341. The lowest BCUT2D eigenvalue weighted by Gasteiger charge is -2.18. The number of halogens is 3. The van der Waals surface area contributed by atoms with E-state index in [2.05, 4.69) is 4.98 Å². The third kappa shape index (κ3) is 4.56. The van der Waals surface area contributed by atoms with Crippen molar-refractivity contribution in [3.8, 4) is 0 Å². The van der Waals surface area contributed by atoms with E-state index in [1.807, 2.05) is 54.6 Å². The van der Waals surface area contributed by atoms with Crippen molar-refractivity contribution in [3.63, 3.8) is 0 Å². The third-order valence-corrected chi connectivity index (χ3v) is 6.29. The van der Waals surface area contributed by atoms with Crippen LogP contribution in [0.4, 0.5) is 18.9 Å². The molecule has 0 bridgehead atoms. The highest BCUT2D eigenvalue weighted by atomic mass is 19.4. The molecule has 0 saturated heterocycles. The fraction of sp³-hybridized carbons (Fsp3) is 0.222. The zero-order valence-corrected chi connectivity index (χ0v) is 18.8. The molecular formula is C27H22F3N3O2. The number of amides is 1. The standard InChI is InChI=1S/C27H22F3N3O2/c28-27(29,30)20-10-12-24-22(16-20)31-21(26(35)33(24)17-18-6-2-1-3-7-18)11-13-25(34)32-15-14-19-8-4-5-9-23(19)32/h1-10,12,16H,11,13-15,17H2. The molecule has 0 N–H and O–H groups in total.